The molecule has 0 aliphatic carbocycles. The SMILES string of the molecule is COC(=O)c1nc(-c2cccc(OC)c2)cc(N)c1Cl. The van der Waals surface area contributed by atoms with Crippen LogP contribution in [0.1, 0.15) is 10.5 Å². The number of benzene rings is 1. The van der Waals surface area contributed by atoms with E-state index in [-0.39, 0.29) is 16.4 Å². The number of carbonyl (C=O) groups excluding carboxylic acids is 1. The number of methoxy groups -OCH3 is 2. The van der Waals surface area contributed by atoms with Gasteiger partial charge < -0.3 is 15.2 Å². The summed E-state index contributed by atoms with van der Waals surface area (Å²) in [7, 11) is 2.83. The van der Waals surface area contributed by atoms with Gasteiger partial charge in [-0.15, -0.1) is 0 Å². The average Bonchev–Trinajstić information content (AvgIpc) is 2.49. The second kappa shape index (κ2) is 5.79. The predicted octanol–water partition coefficient (Wildman–Crippen LogP) is 2.78. The minimum absolute atomic E-state index is 0.00742. The molecule has 0 atom stereocenters. The molecule has 2 aromatic rings. The Labute approximate surface area is 121 Å². The fourth-order valence-corrected chi connectivity index (χ4v) is 1.89. The molecule has 0 saturated carbocycles. The highest BCUT2D eigenvalue weighted by Crippen LogP contribution is 2.29. The van der Waals surface area contributed by atoms with Crippen LogP contribution in [0.5, 0.6) is 5.75 Å². The first-order chi connectivity index (χ1) is 9.56. The molecule has 104 valence electrons. The molecule has 5 nitrogen and oxygen atoms in total. The van der Waals surface area contributed by atoms with Crippen LogP contribution in [0.3, 0.4) is 0 Å². The smallest absolute Gasteiger partial charge is 0.358 e. The van der Waals surface area contributed by atoms with Gasteiger partial charge in [0.1, 0.15) is 5.75 Å². The number of halogens is 1. The first-order valence-corrected chi connectivity index (χ1v) is 6.13. The Morgan fingerprint density at radius 3 is 2.70 bits per heavy atom. The summed E-state index contributed by atoms with van der Waals surface area (Å²) in [5.74, 6) is 0.0453. The number of anilines is 1. The van der Waals surface area contributed by atoms with Crippen molar-refractivity contribution in [3.63, 3.8) is 0 Å². The number of rotatable bonds is 3. The number of esters is 1. The minimum Gasteiger partial charge on any atom is -0.497 e. The lowest BCUT2D eigenvalue weighted by atomic mass is 10.1. The van der Waals surface area contributed by atoms with Crippen LogP contribution < -0.4 is 10.5 Å². The minimum atomic E-state index is -0.633. The molecule has 0 saturated heterocycles. The van der Waals surface area contributed by atoms with E-state index in [4.69, 9.17) is 22.1 Å². The van der Waals surface area contributed by atoms with E-state index in [1.807, 2.05) is 18.2 Å². The number of ether oxygens (including phenoxy) is 2. The molecular formula is C14H13ClN2O3. The third kappa shape index (κ3) is 2.67. The van der Waals surface area contributed by atoms with Gasteiger partial charge in [-0.3, -0.25) is 0 Å². The molecule has 2 rings (SSSR count). The molecule has 6 heteroatoms. The van der Waals surface area contributed by atoms with Crippen LogP contribution in [0.4, 0.5) is 5.69 Å². The zero-order chi connectivity index (χ0) is 14.7. The van der Waals surface area contributed by atoms with Crippen LogP contribution in [-0.4, -0.2) is 25.2 Å². The summed E-state index contributed by atoms with van der Waals surface area (Å²) in [5.41, 5.74) is 7.35. The van der Waals surface area contributed by atoms with Crippen molar-refractivity contribution in [2.45, 2.75) is 0 Å². The summed E-state index contributed by atoms with van der Waals surface area (Å²) >= 11 is 5.97. The maximum absolute atomic E-state index is 11.6. The van der Waals surface area contributed by atoms with Crippen molar-refractivity contribution in [2.24, 2.45) is 0 Å². The van der Waals surface area contributed by atoms with Gasteiger partial charge in [0.05, 0.1) is 30.6 Å². The number of hydrogen-bond donors (Lipinski definition) is 1. The third-order valence-corrected chi connectivity index (χ3v) is 3.13. The molecule has 1 aromatic heterocycles. The maximum atomic E-state index is 11.6. The number of aromatic nitrogens is 1. The van der Waals surface area contributed by atoms with E-state index in [2.05, 4.69) is 9.72 Å². The van der Waals surface area contributed by atoms with Crippen molar-refractivity contribution in [3.8, 4) is 17.0 Å². The Morgan fingerprint density at radius 1 is 1.30 bits per heavy atom. The molecule has 0 amide bonds. The maximum Gasteiger partial charge on any atom is 0.358 e. The Kier molecular flexibility index (Phi) is 4.10. The van der Waals surface area contributed by atoms with Crippen LogP contribution in [0.15, 0.2) is 30.3 Å². The van der Waals surface area contributed by atoms with Gasteiger partial charge in [-0.25, -0.2) is 9.78 Å². The van der Waals surface area contributed by atoms with Gasteiger partial charge in [0.25, 0.3) is 0 Å². The van der Waals surface area contributed by atoms with E-state index in [1.165, 1.54) is 7.11 Å². The predicted molar refractivity (Wildman–Crippen MR) is 77.0 cm³/mol. The molecule has 20 heavy (non-hydrogen) atoms. The van der Waals surface area contributed by atoms with Gasteiger partial charge in [-0.2, -0.15) is 0 Å². The van der Waals surface area contributed by atoms with E-state index in [0.29, 0.717) is 11.4 Å². The molecule has 0 spiro atoms. The molecule has 0 unspecified atom stereocenters. The van der Waals surface area contributed by atoms with Crippen molar-refractivity contribution >= 4 is 23.3 Å². The van der Waals surface area contributed by atoms with E-state index in [1.54, 1.807) is 19.2 Å². The summed E-state index contributed by atoms with van der Waals surface area (Å²) in [6.07, 6.45) is 0. The van der Waals surface area contributed by atoms with Crippen LogP contribution >= 0.6 is 11.6 Å². The molecule has 2 N–H and O–H groups in total. The fourth-order valence-electron chi connectivity index (χ4n) is 1.71. The largest absolute Gasteiger partial charge is 0.497 e. The van der Waals surface area contributed by atoms with Gasteiger partial charge in [0.2, 0.25) is 0 Å². The van der Waals surface area contributed by atoms with Crippen LogP contribution in [0.25, 0.3) is 11.3 Å². The lowest BCUT2D eigenvalue weighted by Gasteiger charge is -2.09. The number of nitrogens with zero attached hydrogens (tertiary/aromatic N) is 1. The van der Waals surface area contributed by atoms with Crippen LogP contribution in [0, 0.1) is 0 Å². The highest BCUT2D eigenvalue weighted by atomic mass is 35.5. The van der Waals surface area contributed by atoms with E-state index >= 15 is 0 Å². The first-order valence-electron chi connectivity index (χ1n) is 5.75. The van der Waals surface area contributed by atoms with Crippen molar-refractivity contribution < 1.29 is 14.3 Å². The van der Waals surface area contributed by atoms with Crippen LogP contribution in [0.2, 0.25) is 5.02 Å². The quantitative estimate of drug-likeness (QED) is 0.881. The van der Waals surface area contributed by atoms with Gasteiger partial charge in [0.15, 0.2) is 5.69 Å². The monoisotopic (exact) mass is 292 g/mol. The highest BCUT2D eigenvalue weighted by molar-refractivity contribution is 6.35. The summed E-state index contributed by atoms with van der Waals surface area (Å²) in [6.45, 7) is 0. The lowest BCUT2D eigenvalue weighted by Crippen LogP contribution is -2.08. The van der Waals surface area contributed by atoms with Gasteiger partial charge in [-0.05, 0) is 18.2 Å². The molecule has 0 aliphatic heterocycles. The number of nitrogens with two attached hydrogens (primary N) is 1. The molecular weight excluding hydrogens is 280 g/mol. The standard InChI is InChI=1S/C14H13ClN2O3/c1-19-9-5-3-4-8(6-9)11-7-10(16)12(15)13(17-11)14(18)20-2/h3-7H,1-2H3,(H2,16,17). The molecule has 0 fully saturated rings. The Balaban J connectivity index is 2.57. The summed E-state index contributed by atoms with van der Waals surface area (Å²) in [6, 6.07) is 8.85. The van der Waals surface area contributed by atoms with E-state index in [0.717, 1.165) is 5.56 Å². The molecule has 0 bridgehead atoms. The van der Waals surface area contributed by atoms with Gasteiger partial charge in [0, 0.05) is 5.56 Å². The summed E-state index contributed by atoms with van der Waals surface area (Å²) in [5, 5.41) is 0.0866. The Bertz CT molecular complexity index is 659. The summed E-state index contributed by atoms with van der Waals surface area (Å²) in [4.78, 5) is 15.9. The van der Waals surface area contributed by atoms with E-state index in [9.17, 15) is 4.79 Å². The molecule has 0 aliphatic rings. The van der Waals surface area contributed by atoms with Crippen molar-refractivity contribution in [1.29, 1.82) is 0 Å². The average molecular weight is 293 g/mol. The molecule has 0 radical (unpaired) electrons. The molecule has 1 aromatic carbocycles. The first kappa shape index (κ1) is 14.1. The zero-order valence-electron chi connectivity index (χ0n) is 11.0. The highest BCUT2D eigenvalue weighted by Gasteiger charge is 2.17. The Morgan fingerprint density at radius 2 is 2.05 bits per heavy atom. The third-order valence-electron chi connectivity index (χ3n) is 2.73. The van der Waals surface area contributed by atoms with E-state index < -0.39 is 5.97 Å². The second-order valence-electron chi connectivity index (χ2n) is 3.98. The van der Waals surface area contributed by atoms with Gasteiger partial charge >= 0.3 is 5.97 Å². The number of pyridine rings is 1. The number of hydrogen-bond acceptors (Lipinski definition) is 5. The van der Waals surface area contributed by atoms with Gasteiger partial charge in [-0.1, -0.05) is 23.7 Å². The number of carbonyl (C=O) groups is 1. The number of nitrogen functional groups attached to an aromatic ring is 1. The van der Waals surface area contributed by atoms with Crippen LogP contribution in [-0.2, 0) is 4.74 Å². The topological polar surface area (TPSA) is 74.4 Å². The molecule has 1 heterocycles. The lowest BCUT2D eigenvalue weighted by molar-refractivity contribution is 0.0594. The van der Waals surface area contributed by atoms with Crippen molar-refractivity contribution in [1.82, 2.24) is 4.98 Å². The zero-order valence-corrected chi connectivity index (χ0v) is 11.8. The van der Waals surface area contributed by atoms with Crippen molar-refractivity contribution in [2.75, 3.05) is 20.0 Å². The normalized spacial score (nSPS) is 10.2. The Hall–Kier alpha value is -2.27. The second-order valence-corrected chi connectivity index (χ2v) is 4.36. The van der Waals surface area contributed by atoms with Crippen molar-refractivity contribution in [3.05, 3.63) is 41.0 Å². The fraction of sp³-hybridized carbons (Fsp3) is 0.143. The summed E-state index contributed by atoms with van der Waals surface area (Å²) < 4.78 is 9.79.